The first-order valence-electron chi connectivity index (χ1n) is 0.775. The van der Waals surface area contributed by atoms with Crippen LogP contribution in [-0.4, -0.2) is 177 Å². The molecule has 0 aliphatic carbocycles. The Morgan fingerprint density at radius 1 is 0.714 bits per heavy atom. The molecule has 0 aromatic rings. The van der Waals surface area contributed by atoms with Gasteiger partial charge in [-0.2, -0.15) is 0 Å². The average molecular weight is 182 g/mol. The van der Waals surface area contributed by atoms with Crippen LogP contribution in [0.4, 0.5) is 0 Å². The van der Waals surface area contributed by atoms with E-state index >= 15 is 0 Å². The Morgan fingerprint density at radius 3 is 0.714 bits per heavy atom. The van der Waals surface area contributed by atoms with Crippen LogP contribution in [-0.2, 0) is 0 Å². The molecule has 0 saturated heterocycles. The van der Waals surface area contributed by atoms with E-state index in [1.165, 1.54) is 0 Å². The molecule has 0 unspecified atom stereocenters. The number of rotatable bonds is 0. The van der Waals surface area contributed by atoms with E-state index in [9.17, 15) is 0 Å². The predicted molar refractivity (Wildman–Crippen MR) is 33.9 cm³/mol. The van der Waals surface area contributed by atoms with E-state index in [-0.39, 0.29) is 154 Å². The molecule has 0 aliphatic heterocycles. The Kier molecular flexibility index (Phi) is 55.3. The fourth-order valence-corrected chi connectivity index (χ4v) is 0. The molecule has 0 heterocycles. The molecule has 0 aliphatic rings. The molecule has 0 aromatic carbocycles. The summed E-state index contributed by atoms with van der Waals surface area (Å²) in [6, 6.07) is 0. The second kappa shape index (κ2) is 17.1. The fourth-order valence-electron chi connectivity index (χ4n) is 0. The normalized spacial score (nSPS) is 3.86. The van der Waals surface area contributed by atoms with Crippen LogP contribution in [0.3, 0.4) is 0 Å². The molecule has 0 saturated carbocycles. The van der Waals surface area contributed by atoms with Crippen molar-refractivity contribution in [2.75, 3.05) is 0 Å². The van der Waals surface area contributed by atoms with Crippen molar-refractivity contribution >= 4 is 161 Å². The first kappa shape index (κ1) is 22.6. The molecule has 7 heteroatoms. The van der Waals surface area contributed by atoms with Gasteiger partial charge in [-0.3, -0.25) is 0 Å². The van der Waals surface area contributed by atoms with Gasteiger partial charge in [-0.1, -0.05) is 0 Å². The van der Waals surface area contributed by atoms with Gasteiger partial charge in [0, 0.05) is 0 Å². The topological polar surface area (TPSA) is 60.7 Å². The zero-order valence-corrected chi connectivity index (χ0v) is 1.92. The van der Waals surface area contributed by atoms with E-state index in [2.05, 4.69) is 0 Å². The molecule has 0 fully saturated rings. The Balaban J connectivity index is -0.0000000150. The Morgan fingerprint density at radius 2 is 0.714 bits per heavy atom. The quantitative estimate of drug-likeness (QED) is 0.335. The summed E-state index contributed by atoms with van der Waals surface area (Å²) < 4.78 is 0. The summed E-state index contributed by atoms with van der Waals surface area (Å²) in [4.78, 5) is 0. The van der Waals surface area contributed by atoms with Crippen LogP contribution in [0.25, 0.3) is 0 Å². The summed E-state index contributed by atoms with van der Waals surface area (Å²) in [5, 5.41) is 21.5. The average Bonchev–Trinajstić information content (AvgIpc) is 0.811. The van der Waals surface area contributed by atoms with Crippen LogP contribution in [0.2, 0.25) is 0 Å². The Bertz CT molecular complexity index is 14.9. The first-order valence-corrected chi connectivity index (χ1v) is 0.775. The zero-order valence-electron chi connectivity index (χ0n) is 1.92. The van der Waals surface area contributed by atoms with Gasteiger partial charge in [-0.05, 0) is 0 Å². The molecule has 0 aromatic heterocycles. The monoisotopic (exact) mass is 182 g/mol. The summed E-state index contributed by atoms with van der Waals surface area (Å²) in [7, 11) is -2.17. The molecular weight excluding hydrogens is 176 g/mol. The summed E-state index contributed by atoms with van der Waals surface area (Å²) in [5.74, 6) is 0. The van der Waals surface area contributed by atoms with Gasteiger partial charge in [0.25, 0.3) is 0 Å². The zero-order chi connectivity index (χ0) is 3.58. The number of hydrogen-bond acceptors (Lipinski definition) is 3. The van der Waals surface area contributed by atoms with Gasteiger partial charge in [0.15, 0.2) is 0 Å². The summed E-state index contributed by atoms with van der Waals surface area (Å²) in [6.07, 6.45) is 0. The maximum atomic E-state index is 7.17. The molecule has 0 radical (unpaired) electrons. The molecule has 0 bridgehead atoms. The fraction of sp³-hybridized carbons (Fsp3) is 0. The van der Waals surface area contributed by atoms with Crippen molar-refractivity contribution in [1.82, 2.24) is 0 Å². The first-order chi connectivity index (χ1) is 1.73. The van der Waals surface area contributed by atoms with E-state index in [0.717, 1.165) is 0 Å². The second-order valence-corrected chi connectivity index (χ2v) is 0.346. The van der Waals surface area contributed by atoms with Gasteiger partial charge in [0.2, 0.25) is 0 Å². The maximum absolute atomic E-state index is 7.17. The summed E-state index contributed by atoms with van der Waals surface area (Å²) >= 11 is 0. The Labute approximate surface area is 170 Å². The van der Waals surface area contributed by atoms with Crippen molar-refractivity contribution in [3.05, 3.63) is 0 Å². The van der Waals surface area contributed by atoms with Crippen LogP contribution in [0, 0.1) is 0 Å². The predicted octanol–water partition coefficient (Wildman–Crippen LogP) is -4.00. The molecule has 0 amide bonds. The standard InChI is InChI=1S/BH3O3.3K.3H/c2-1(3)4;;;;;;/h2-4H;;;;;;. The Hall–Kier alpha value is 4.85. The third kappa shape index (κ3) is 36.1. The minimum absolute atomic E-state index is 0. The molecular formula is H6BK3O3. The van der Waals surface area contributed by atoms with Crippen LogP contribution < -0.4 is 0 Å². The van der Waals surface area contributed by atoms with Gasteiger partial charge in [-0.25, -0.2) is 0 Å². The SMILES string of the molecule is OB(O)O.[KH].[KH].[KH]. The van der Waals surface area contributed by atoms with Crippen LogP contribution >= 0.6 is 0 Å². The third-order valence-electron chi connectivity index (χ3n) is 0. The molecule has 0 spiro atoms. The van der Waals surface area contributed by atoms with E-state index < -0.39 is 7.32 Å². The summed E-state index contributed by atoms with van der Waals surface area (Å²) in [5.41, 5.74) is 0. The van der Waals surface area contributed by atoms with Gasteiger partial charge in [0.05, 0.1) is 0 Å². The summed E-state index contributed by atoms with van der Waals surface area (Å²) in [6.45, 7) is 0. The van der Waals surface area contributed by atoms with Crippen LogP contribution in [0.5, 0.6) is 0 Å². The van der Waals surface area contributed by atoms with Crippen molar-refractivity contribution in [3.8, 4) is 0 Å². The van der Waals surface area contributed by atoms with E-state index in [4.69, 9.17) is 15.1 Å². The molecule has 0 rings (SSSR count). The molecule has 0 atom stereocenters. The van der Waals surface area contributed by atoms with Crippen LogP contribution in [0.1, 0.15) is 0 Å². The van der Waals surface area contributed by atoms with Crippen molar-refractivity contribution in [3.63, 3.8) is 0 Å². The van der Waals surface area contributed by atoms with Crippen molar-refractivity contribution in [2.45, 2.75) is 0 Å². The van der Waals surface area contributed by atoms with Gasteiger partial charge in [-0.15, -0.1) is 0 Å². The van der Waals surface area contributed by atoms with Gasteiger partial charge in [0.1, 0.15) is 0 Å². The van der Waals surface area contributed by atoms with Gasteiger partial charge < -0.3 is 15.1 Å². The molecule has 3 nitrogen and oxygen atoms in total. The second-order valence-electron chi connectivity index (χ2n) is 0.346. The molecule has 7 heavy (non-hydrogen) atoms. The van der Waals surface area contributed by atoms with Crippen molar-refractivity contribution < 1.29 is 15.1 Å². The third-order valence-corrected chi connectivity index (χ3v) is 0. The van der Waals surface area contributed by atoms with Gasteiger partial charge >= 0.3 is 161 Å². The molecule has 3 N–H and O–H groups in total. The van der Waals surface area contributed by atoms with Crippen molar-refractivity contribution in [2.24, 2.45) is 0 Å². The number of hydrogen-bond donors (Lipinski definition) is 3. The van der Waals surface area contributed by atoms with E-state index in [0.29, 0.717) is 0 Å². The molecule has 30 valence electrons. The van der Waals surface area contributed by atoms with E-state index in [1.54, 1.807) is 0 Å². The van der Waals surface area contributed by atoms with E-state index in [1.807, 2.05) is 0 Å². The minimum atomic E-state index is -2.17. The van der Waals surface area contributed by atoms with Crippen LogP contribution in [0.15, 0.2) is 0 Å². The van der Waals surface area contributed by atoms with Crippen molar-refractivity contribution in [1.29, 1.82) is 0 Å².